The van der Waals surface area contributed by atoms with E-state index >= 15 is 0 Å². The molecule has 0 unspecified atom stereocenters. The Bertz CT molecular complexity index is 587. The molecule has 1 aliphatic rings. The fraction of sp³-hybridized carbons (Fsp3) is 0.500. The number of carboxylic acid groups (broad SMARTS) is 1. The van der Waals surface area contributed by atoms with Gasteiger partial charge < -0.3 is 15.7 Å². The number of hydrogen-bond donors (Lipinski definition) is 3. The molecular formula is C12H13F3N4O3. The van der Waals surface area contributed by atoms with Crippen molar-refractivity contribution in [1.29, 1.82) is 0 Å². The summed E-state index contributed by atoms with van der Waals surface area (Å²) >= 11 is 0. The zero-order valence-electron chi connectivity index (χ0n) is 11.3. The smallest absolute Gasteiger partial charge is 0.433 e. The largest absolute Gasteiger partial charge is 0.480 e. The number of nitrogens with zero attached hydrogens (tertiary/aromatic N) is 2. The summed E-state index contributed by atoms with van der Waals surface area (Å²) < 4.78 is 37.3. The van der Waals surface area contributed by atoms with E-state index in [0.29, 0.717) is 12.8 Å². The first-order valence-corrected chi connectivity index (χ1v) is 6.41. The summed E-state index contributed by atoms with van der Waals surface area (Å²) in [5.41, 5.74) is -2.41. The van der Waals surface area contributed by atoms with Gasteiger partial charge in [0.1, 0.15) is 11.1 Å². The monoisotopic (exact) mass is 318 g/mol. The van der Waals surface area contributed by atoms with Crippen LogP contribution in [0.2, 0.25) is 0 Å². The SMILES string of the molecule is O=C(O)C1(C(=O)NCCNc2nccc(C(F)(F)F)n2)CC1. The van der Waals surface area contributed by atoms with Crippen LogP contribution < -0.4 is 10.6 Å². The van der Waals surface area contributed by atoms with Crippen molar-refractivity contribution in [2.45, 2.75) is 19.0 Å². The van der Waals surface area contributed by atoms with E-state index in [4.69, 9.17) is 5.11 Å². The Kier molecular flexibility index (Phi) is 4.20. The second-order valence-electron chi connectivity index (χ2n) is 4.83. The number of carboxylic acids is 1. The second-order valence-corrected chi connectivity index (χ2v) is 4.83. The standard InChI is InChI=1S/C12H13F3N4O3/c13-12(14,15)7-1-4-17-10(19-7)18-6-5-16-8(20)11(2-3-11)9(21)22/h1,4H,2-3,5-6H2,(H,16,20)(H,21,22)(H,17,18,19). The lowest BCUT2D eigenvalue weighted by Gasteiger charge is -2.11. The van der Waals surface area contributed by atoms with Crippen molar-refractivity contribution in [1.82, 2.24) is 15.3 Å². The molecule has 2 rings (SSSR count). The molecule has 1 fully saturated rings. The lowest BCUT2D eigenvalue weighted by Crippen LogP contribution is -2.39. The lowest BCUT2D eigenvalue weighted by molar-refractivity contribution is -0.149. The second kappa shape index (κ2) is 5.78. The summed E-state index contributed by atoms with van der Waals surface area (Å²) in [7, 11) is 0. The van der Waals surface area contributed by atoms with Crippen LogP contribution in [-0.2, 0) is 15.8 Å². The molecule has 1 amide bonds. The van der Waals surface area contributed by atoms with E-state index in [1.807, 2.05) is 0 Å². The molecular weight excluding hydrogens is 305 g/mol. The highest BCUT2D eigenvalue weighted by atomic mass is 19.4. The van der Waals surface area contributed by atoms with Crippen LogP contribution in [0.5, 0.6) is 0 Å². The van der Waals surface area contributed by atoms with Gasteiger partial charge in [-0.15, -0.1) is 0 Å². The molecule has 1 aliphatic carbocycles. The van der Waals surface area contributed by atoms with E-state index in [-0.39, 0.29) is 19.0 Å². The molecule has 0 aromatic carbocycles. The highest BCUT2D eigenvalue weighted by Gasteiger charge is 2.56. The van der Waals surface area contributed by atoms with Crippen LogP contribution in [0.3, 0.4) is 0 Å². The van der Waals surface area contributed by atoms with Crippen LogP contribution in [-0.4, -0.2) is 40.0 Å². The molecule has 22 heavy (non-hydrogen) atoms. The first-order valence-electron chi connectivity index (χ1n) is 6.41. The van der Waals surface area contributed by atoms with Gasteiger partial charge in [0.05, 0.1) is 0 Å². The molecule has 0 bridgehead atoms. The molecule has 1 aromatic rings. The Morgan fingerprint density at radius 3 is 2.55 bits per heavy atom. The minimum absolute atomic E-state index is 0.0491. The predicted molar refractivity (Wildman–Crippen MR) is 67.8 cm³/mol. The van der Waals surface area contributed by atoms with Crippen molar-refractivity contribution >= 4 is 17.8 Å². The van der Waals surface area contributed by atoms with E-state index in [1.54, 1.807) is 0 Å². The molecule has 0 saturated heterocycles. The predicted octanol–water partition coefficient (Wildman–Crippen LogP) is 0.888. The van der Waals surface area contributed by atoms with Crippen LogP contribution >= 0.6 is 0 Å². The highest BCUT2D eigenvalue weighted by molar-refractivity contribution is 6.04. The Labute approximate surface area is 122 Å². The molecule has 3 N–H and O–H groups in total. The number of amides is 1. The summed E-state index contributed by atoms with van der Waals surface area (Å²) in [5.74, 6) is -1.98. The number of aromatic nitrogens is 2. The molecule has 10 heteroatoms. The van der Waals surface area contributed by atoms with E-state index in [9.17, 15) is 22.8 Å². The number of carbonyl (C=O) groups is 2. The van der Waals surface area contributed by atoms with Crippen molar-refractivity contribution in [3.05, 3.63) is 18.0 Å². The third kappa shape index (κ3) is 3.43. The summed E-state index contributed by atoms with van der Waals surface area (Å²) in [6, 6.07) is 0.747. The minimum Gasteiger partial charge on any atom is -0.480 e. The van der Waals surface area contributed by atoms with Gasteiger partial charge in [-0.3, -0.25) is 9.59 Å². The number of alkyl halides is 3. The average Bonchev–Trinajstić information content (AvgIpc) is 3.24. The number of halogens is 3. The van der Waals surface area contributed by atoms with Crippen LogP contribution in [0, 0.1) is 5.41 Å². The molecule has 0 atom stereocenters. The Morgan fingerprint density at radius 1 is 1.32 bits per heavy atom. The Balaban J connectivity index is 1.80. The number of rotatable bonds is 6. The van der Waals surface area contributed by atoms with Crippen molar-refractivity contribution in [2.75, 3.05) is 18.4 Å². The fourth-order valence-corrected chi connectivity index (χ4v) is 1.78. The maximum Gasteiger partial charge on any atom is 0.433 e. The average molecular weight is 318 g/mol. The highest BCUT2D eigenvalue weighted by Crippen LogP contribution is 2.45. The maximum atomic E-state index is 12.4. The van der Waals surface area contributed by atoms with Crippen molar-refractivity contribution in [2.24, 2.45) is 5.41 Å². The topological polar surface area (TPSA) is 104 Å². The molecule has 1 saturated carbocycles. The van der Waals surface area contributed by atoms with Crippen LogP contribution in [0.25, 0.3) is 0 Å². The number of carbonyl (C=O) groups excluding carboxylic acids is 1. The lowest BCUT2D eigenvalue weighted by atomic mass is 10.1. The third-order valence-corrected chi connectivity index (χ3v) is 3.23. The molecule has 0 aliphatic heterocycles. The van der Waals surface area contributed by atoms with Crippen LogP contribution in [0.1, 0.15) is 18.5 Å². The van der Waals surface area contributed by atoms with Gasteiger partial charge in [0.15, 0.2) is 0 Å². The van der Waals surface area contributed by atoms with Crippen molar-refractivity contribution in [3.63, 3.8) is 0 Å². The van der Waals surface area contributed by atoms with Gasteiger partial charge in [0.2, 0.25) is 11.9 Å². The van der Waals surface area contributed by atoms with Crippen LogP contribution in [0.4, 0.5) is 19.1 Å². The molecule has 1 aromatic heterocycles. The van der Waals surface area contributed by atoms with Gasteiger partial charge in [-0.2, -0.15) is 13.2 Å². The summed E-state index contributed by atoms with van der Waals surface area (Å²) in [5, 5.41) is 13.9. The zero-order valence-corrected chi connectivity index (χ0v) is 11.3. The molecule has 7 nitrogen and oxygen atoms in total. The van der Waals surface area contributed by atoms with Crippen LogP contribution in [0.15, 0.2) is 12.3 Å². The maximum absolute atomic E-state index is 12.4. The summed E-state index contributed by atoms with van der Waals surface area (Å²) in [6.45, 7) is 0.121. The molecule has 0 spiro atoms. The van der Waals surface area contributed by atoms with E-state index in [0.717, 1.165) is 12.3 Å². The normalized spacial score (nSPS) is 16.0. The fourth-order valence-electron chi connectivity index (χ4n) is 1.78. The quantitative estimate of drug-likeness (QED) is 0.531. The first kappa shape index (κ1) is 16.0. The minimum atomic E-state index is -4.56. The van der Waals surface area contributed by atoms with Gasteiger partial charge >= 0.3 is 12.1 Å². The van der Waals surface area contributed by atoms with Crippen molar-refractivity contribution in [3.8, 4) is 0 Å². The molecule has 0 radical (unpaired) electrons. The van der Waals surface area contributed by atoms with Gasteiger partial charge in [0.25, 0.3) is 0 Å². The van der Waals surface area contributed by atoms with Crippen molar-refractivity contribution < 1.29 is 27.9 Å². The van der Waals surface area contributed by atoms with E-state index in [2.05, 4.69) is 20.6 Å². The summed E-state index contributed by atoms with van der Waals surface area (Å²) in [6.07, 6.45) is -3.01. The number of nitrogens with one attached hydrogen (secondary N) is 2. The van der Waals surface area contributed by atoms with Gasteiger partial charge in [-0.1, -0.05) is 0 Å². The number of hydrogen-bond acceptors (Lipinski definition) is 5. The first-order chi connectivity index (χ1) is 10.3. The van der Waals surface area contributed by atoms with E-state index < -0.39 is 29.2 Å². The van der Waals surface area contributed by atoms with E-state index in [1.165, 1.54) is 0 Å². The zero-order chi connectivity index (χ0) is 16.4. The molecule has 1 heterocycles. The Morgan fingerprint density at radius 2 is 2.00 bits per heavy atom. The molecule has 120 valence electrons. The van der Waals surface area contributed by atoms with Gasteiger partial charge in [-0.05, 0) is 18.9 Å². The number of aliphatic carboxylic acids is 1. The van der Waals surface area contributed by atoms with Gasteiger partial charge in [-0.25, -0.2) is 9.97 Å². The van der Waals surface area contributed by atoms with Gasteiger partial charge in [0, 0.05) is 19.3 Å². The number of anilines is 1. The Hall–Kier alpha value is -2.39. The summed E-state index contributed by atoms with van der Waals surface area (Å²) in [4.78, 5) is 29.5. The third-order valence-electron chi connectivity index (χ3n) is 3.23.